The van der Waals surface area contributed by atoms with Crippen molar-refractivity contribution in [2.45, 2.75) is 13.1 Å². The Morgan fingerprint density at radius 2 is 1.77 bits per heavy atom. The van der Waals surface area contributed by atoms with Gasteiger partial charge in [-0.25, -0.2) is 4.98 Å². The van der Waals surface area contributed by atoms with Gasteiger partial charge in [-0.2, -0.15) is 0 Å². The highest BCUT2D eigenvalue weighted by Crippen LogP contribution is 2.23. The van der Waals surface area contributed by atoms with Gasteiger partial charge in [0.05, 0.1) is 13.7 Å². The largest absolute Gasteiger partial charge is 0.497 e. The Hall–Kier alpha value is -3.02. The van der Waals surface area contributed by atoms with Gasteiger partial charge in [-0.1, -0.05) is 35.3 Å². The van der Waals surface area contributed by atoms with Crippen LogP contribution >= 0.6 is 23.2 Å². The molecule has 5 nitrogen and oxygen atoms in total. The van der Waals surface area contributed by atoms with Gasteiger partial charge in [0.2, 0.25) is 5.89 Å². The zero-order valence-electron chi connectivity index (χ0n) is 16.1. The molecule has 0 aliphatic heterocycles. The van der Waals surface area contributed by atoms with Crippen molar-refractivity contribution in [3.8, 4) is 5.75 Å². The lowest BCUT2D eigenvalue weighted by Crippen LogP contribution is -2.30. The van der Waals surface area contributed by atoms with Crippen molar-refractivity contribution in [2.24, 2.45) is 0 Å². The number of halogens is 2. The van der Waals surface area contributed by atoms with Gasteiger partial charge < -0.3 is 14.1 Å². The van der Waals surface area contributed by atoms with Crippen LogP contribution in [0.2, 0.25) is 10.0 Å². The number of methoxy groups -OCH3 is 1. The summed E-state index contributed by atoms with van der Waals surface area (Å²) in [7, 11) is 1.59. The lowest BCUT2D eigenvalue weighted by atomic mass is 10.1. The molecule has 3 aromatic carbocycles. The Morgan fingerprint density at radius 3 is 2.50 bits per heavy atom. The van der Waals surface area contributed by atoms with Crippen molar-refractivity contribution in [2.75, 3.05) is 7.11 Å². The second-order valence-corrected chi connectivity index (χ2v) is 7.61. The maximum absolute atomic E-state index is 13.3. The predicted octanol–water partition coefficient (Wildman–Crippen LogP) is 5.99. The standard InChI is InChI=1S/C23H18Cl2N2O3/c1-29-19-8-5-16(6-9-19)23(28)27(13-15-3-2-4-17(24)11-15)14-22-26-20-12-18(25)7-10-21(20)30-22/h2-12H,13-14H2,1H3. The maximum Gasteiger partial charge on any atom is 0.254 e. The second kappa shape index (κ2) is 8.78. The fourth-order valence-corrected chi connectivity index (χ4v) is 3.53. The van der Waals surface area contributed by atoms with E-state index in [1.54, 1.807) is 60.5 Å². The van der Waals surface area contributed by atoms with Gasteiger partial charge in [-0.05, 0) is 60.2 Å². The zero-order chi connectivity index (χ0) is 21.1. The molecular weight excluding hydrogens is 423 g/mol. The second-order valence-electron chi connectivity index (χ2n) is 6.74. The number of carbonyl (C=O) groups excluding carboxylic acids is 1. The van der Waals surface area contributed by atoms with E-state index in [2.05, 4.69) is 4.98 Å². The van der Waals surface area contributed by atoms with Crippen molar-refractivity contribution in [3.05, 3.63) is 93.8 Å². The van der Waals surface area contributed by atoms with Crippen LogP contribution in [0.1, 0.15) is 21.8 Å². The molecule has 4 rings (SSSR count). The van der Waals surface area contributed by atoms with Gasteiger partial charge in [-0.3, -0.25) is 4.79 Å². The number of oxazole rings is 1. The van der Waals surface area contributed by atoms with Crippen molar-refractivity contribution < 1.29 is 13.9 Å². The van der Waals surface area contributed by atoms with E-state index in [0.29, 0.717) is 44.9 Å². The molecule has 0 aliphatic rings. The Bertz CT molecular complexity index is 1190. The molecule has 0 bridgehead atoms. The quantitative estimate of drug-likeness (QED) is 0.369. The fourth-order valence-electron chi connectivity index (χ4n) is 3.15. The van der Waals surface area contributed by atoms with Crippen LogP contribution in [0.25, 0.3) is 11.1 Å². The molecule has 1 heterocycles. The number of aromatic nitrogens is 1. The highest BCUT2D eigenvalue weighted by Gasteiger charge is 2.20. The summed E-state index contributed by atoms with van der Waals surface area (Å²) in [6, 6.07) is 19.6. The molecule has 0 aliphatic carbocycles. The van der Waals surface area contributed by atoms with Gasteiger partial charge in [0.15, 0.2) is 5.58 Å². The summed E-state index contributed by atoms with van der Waals surface area (Å²) in [5.41, 5.74) is 2.71. The molecule has 30 heavy (non-hydrogen) atoms. The molecule has 0 fully saturated rings. The van der Waals surface area contributed by atoms with E-state index in [1.807, 2.05) is 18.2 Å². The first-order valence-electron chi connectivity index (χ1n) is 9.24. The van der Waals surface area contributed by atoms with Gasteiger partial charge in [0, 0.05) is 22.2 Å². The number of hydrogen-bond acceptors (Lipinski definition) is 4. The normalized spacial score (nSPS) is 10.9. The number of fused-ring (bicyclic) bond motifs is 1. The van der Waals surface area contributed by atoms with Crippen LogP contribution in [0.4, 0.5) is 0 Å². The van der Waals surface area contributed by atoms with Crippen LogP contribution in [0.3, 0.4) is 0 Å². The van der Waals surface area contributed by atoms with Crippen LogP contribution in [-0.2, 0) is 13.1 Å². The van der Waals surface area contributed by atoms with Crippen LogP contribution < -0.4 is 4.74 Å². The summed E-state index contributed by atoms with van der Waals surface area (Å²) in [5, 5.41) is 1.19. The molecule has 0 atom stereocenters. The summed E-state index contributed by atoms with van der Waals surface area (Å²) in [6.07, 6.45) is 0. The third kappa shape index (κ3) is 4.58. The van der Waals surface area contributed by atoms with Crippen molar-refractivity contribution >= 4 is 40.2 Å². The topological polar surface area (TPSA) is 55.6 Å². The number of amides is 1. The maximum atomic E-state index is 13.3. The first-order valence-corrected chi connectivity index (χ1v) is 10.00. The summed E-state index contributed by atoms with van der Waals surface area (Å²) in [4.78, 5) is 19.4. The molecule has 7 heteroatoms. The number of carbonyl (C=O) groups is 1. The predicted molar refractivity (Wildman–Crippen MR) is 117 cm³/mol. The number of rotatable bonds is 6. The Kier molecular flexibility index (Phi) is 5.93. The first-order chi connectivity index (χ1) is 14.5. The molecule has 4 aromatic rings. The zero-order valence-corrected chi connectivity index (χ0v) is 17.7. The molecule has 0 saturated heterocycles. The minimum absolute atomic E-state index is 0.155. The molecule has 1 aromatic heterocycles. The number of nitrogens with zero attached hydrogens (tertiary/aromatic N) is 2. The molecule has 0 saturated carbocycles. The summed E-state index contributed by atoms with van der Waals surface area (Å²) in [5.74, 6) is 0.956. The van der Waals surface area contributed by atoms with Gasteiger partial charge in [0.25, 0.3) is 5.91 Å². The summed E-state index contributed by atoms with van der Waals surface area (Å²) in [6.45, 7) is 0.550. The fraction of sp³-hybridized carbons (Fsp3) is 0.130. The van der Waals surface area contributed by atoms with Gasteiger partial charge in [-0.15, -0.1) is 0 Å². The van der Waals surface area contributed by atoms with Crippen molar-refractivity contribution in [3.63, 3.8) is 0 Å². The summed E-state index contributed by atoms with van der Waals surface area (Å²) >= 11 is 12.2. The Balaban J connectivity index is 1.65. The molecule has 1 amide bonds. The molecule has 0 spiro atoms. The van der Waals surface area contributed by atoms with Crippen LogP contribution in [0.5, 0.6) is 5.75 Å². The van der Waals surface area contributed by atoms with Gasteiger partial charge >= 0.3 is 0 Å². The van der Waals surface area contributed by atoms with E-state index in [1.165, 1.54) is 0 Å². The third-order valence-electron chi connectivity index (χ3n) is 4.61. The molecule has 0 unspecified atom stereocenters. The van der Waals surface area contributed by atoms with E-state index < -0.39 is 0 Å². The Morgan fingerprint density at radius 1 is 1.00 bits per heavy atom. The minimum atomic E-state index is -0.155. The van der Waals surface area contributed by atoms with Crippen LogP contribution in [-0.4, -0.2) is 22.9 Å². The van der Waals surface area contributed by atoms with Crippen LogP contribution in [0.15, 0.2) is 71.1 Å². The number of benzene rings is 3. The summed E-state index contributed by atoms with van der Waals surface area (Å²) < 4.78 is 11.0. The molecular formula is C23H18Cl2N2O3. The molecule has 0 radical (unpaired) electrons. The smallest absolute Gasteiger partial charge is 0.254 e. The Labute approximate surface area is 183 Å². The molecule has 0 N–H and O–H groups in total. The monoisotopic (exact) mass is 440 g/mol. The SMILES string of the molecule is COc1ccc(C(=O)N(Cc2cccc(Cl)c2)Cc2nc3cc(Cl)ccc3o2)cc1. The highest BCUT2D eigenvalue weighted by atomic mass is 35.5. The van der Waals surface area contributed by atoms with Crippen molar-refractivity contribution in [1.82, 2.24) is 9.88 Å². The van der Waals surface area contributed by atoms with E-state index >= 15 is 0 Å². The lowest BCUT2D eigenvalue weighted by Gasteiger charge is -2.21. The van der Waals surface area contributed by atoms with E-state index in [-0.39, 0.29) is 12.5 Å². The number of ether oxygens (including phenoxy) is 1. The van der Waals surface area contributed by atoms with Crippen molar-refractivity contribution in [1.29, 1.82) is 0 Å². The third-order valence-corrected chi connectivity index (χ3v) is 5.08. The number of hydrogen-bond donors (Lipinski definition) is 0. The molecule has 152 valence electrons. The minimum Gasteiger partial charge on any atom is -0.497 e. The highest BCUT2D eigenvalue weighted by molar-refractivity contribution is 6.31. The van der Waals surface area contributed by atoms with Crippen LogP contribution in [0, 0.1) is 0 Å². The first kappa shape index (κ1) is 20.3. The van der Waals surface area contributed by atoms with Gasteiger partial charge in [0.1, 0.15) is 11.3 Å². The average molecular weight is 441 g/mol. The van der Waals surface area contributed by atoms with E-state index in [4.69, 9.17) is 32.4 Å². The average Bonchev–Trinajstić information content (AvgIpc) is 3.14. The lowest BCUT2D eigenvalue weighted by molar-refractivity contribution is 0.0715. The van der Waals surface area contributed by atoms with E-state index in [9.17, 15) is 4.79 Å². The van der Waals surface area contributed by atoms with E-state index in [0.717, 1.165) is 5.56 Å².